The third-order valence-corrected chi connectivity index (χ3v) is 6.06. The Hall–Kier alpha value is -3.61. The maximum atomic E-state index is 11.6. The van der Waals surface area contributed by atoms with E-state index in [0.29, 0.717) is 37.6 Å². The Morgan fingerprint density at radius 3 is 2.84 bits per heavy atom. The molecule has 4 rings (SSSR count). The van der Waals surface area contributed by atoms with Crippen molar-refractivity contribution in [1.82, 2.24) is 19.5 Å². The Labute approximate surface area is 186 Å². The molecule has 0 bridgehead atoms. The summed E-state index contributed by atoms with van der Waals surface area (Å²) >= 11 is 7.27. The number of aryl methyl sites for hydroxylation is 1. The van der Waals surface area contributed by atoms with Crippen molar-refractivity contribution in [3.05, 3.63) is 57.1 Å². The molecule has 0 aliphatic rings. The number of nitriles is 1. The van der Waals surface area contributed by atoms with Gasteiger partial charge in [-0.2, -0.15) is 5.26 Å². The Morgan fingerprint density at radius 2 is 2.16 bits per heavy atom. The van der Waals surface area contributed by atoms with Crippen LogP contribution in [-0.4, -0.2) is 37.7 Å². The lowest BCUT2D eigenvalue weighted by atomic mass is 10.1. The topological polar surface area (TPSA) is 117 Å². The van der Waals surface area contributed by atoms with Crippen LogP contribution in [-0.2, 0) is 0 Å². The molecule has 0 saturated carbocycles. The van der Waals surface area contributed by atoms with Gasteiger partial charge in [0.05, 0.1) is 39.8 Å². The minimum Gasteiger partial charge on any atom is -0.481 e. The lowest BCUT2D eigenvalue weighted by Crippen LogP contribution is -2.04. The minimum atomic E-state index is -1.05. The molecule has 0 unspecified atom stereocenters. The molecule has 4 aromatic heterocycles. The molecule has 8 nitrogen and oxygen atoms in total. The van der Waals surface area contributed by atoms with Crippen molar-refractivity contribution >= 4 is 51.6 Å². The van der Waals surface area contributed by atoms with E-state index in [2.05, 4.69) is 21.0 Å². The Morgan fingerprint density at radius 1 is 1.39 bits per heavy atom. The summed E-state index contributed by atoms with van der Waals surface area (Å²) in [5.41, 5.74) is 4.15. The molecular formula is C21H16ClN5O3S. The average Bonchev–Trinajstić information content (AvgIpc) is 3.40. The van der Waals surface area contributed by atoms with E-state index in [1.165, 1.54) is 24.5 Å². The van der Waals surface area contributed by atoms with Crippen molar-refractivity contribution in [3.8, 4) is 17.0 Å². The molecule has 31 heavy (non-hydrogen) atoms. The van der Waals surface area contributed by atoms with Crippen molar-refractivity contribution in [2.45, 2.75) is 13.8 Å². The van der Waals surface area contributed by atoms with Gasteiger partial charge in [-0.15, -0.1) is 11.3 Å². The van der Waals surface area contributed by atoms with Gasteiger partial charge in [0.1, 0.15) is 16.9 Å². The highest BCUT2D eigenvalue weighted by molar-refractivity contribution is 7.18. The number of nitrogens with zero attached hydrogens (tertiary/aromatic N) is 4. The third-order valence-electron chi connectivity index (χ3n) is 4.81. The summed E-state index contributed by atoms with van der Waals surface area (Å²) in [5, 5.41) is 19.8. The number of carboxylic acids is 1. The van der Waals surface area contributed by atoms with Gasteiger partial charge in [-0.3, -0.25) is 0 Å². The lowest BCUT2D eigenvalue weighted by Gasteiger charge is -2.08. The predicted octanol–water partition coefficient (Wildman–Crippen LogP) is 4.85. The van der Waals surface area contributed by atoms with Crippen LogP contribution in [0.3, 0.4) is 0 Å². The van der Waals surface area contributed by atoms with E-state index in [-0.39, 0.29) is 5.56 Å². The minimum absolute atomic E-state index is 0.131. The number of halogens is 1. The number of fused-ring (bicyclic) bond motifs is 1. The first-order valence-electron chi connectivity index (χ1n) is 9.06. The van der Waals surface area contributed by atoms with Crippen molar-refractivity contribution in [3.63, 3.8) is 0 Å². The number of pyridine rings is 1. The number of methoxy groups -OCH3 is 1. The Balaban J connectivity index is 1.81. The third kappa shape index (κ3) is 3.67. The number of H-pyrrole nitrogens is 1. The van der Waals surface area contributed by atoms with Crippen LogP contribution in [0.25, 0.3) is 27.7 Å². The lowest BCUT2D eigenvalue weighted by molar-refractivity contribution is 0.0697. The maximum absolute atomic E-state index is 11.6. The van der Waals surface area contributed by atoms with E-state index in [0.717, 1.165) is 17.0 Å². The number of rotatable bonds is 5. The van der Waals surface area contributed by atoms with Gasteiger partial charge in [0, 0.05) is 17.5 Å². The van der Waals surface area contributed by atoms with Crippen LogP contribution in [0, 0.1) is 25.2 Å². The highest BCUT2D eigenvalue weighted by Crippen LogP contribution is 2.34. The molecule has 156 valence electrons. The first-order valence-corrected chi connectivity index (χ1v) is 10.3. The van der Waals surface area contributed by atoms with Crippen molar-refractivity contribution in [1.29, 1.82) is 5.26 Å². The number of carbonyl (C=O) groups is 1. The quantitative estimate of drug-likeness (QED) is 0.417. The molecule has 10 heteroatoms. The highest BCUT2D eigenvalue weighted by Gasteiger charge is 2.20. The summed E-state index contributed by atoms with van der Waals surface area (Å²) in [6, 6.07) is 7.19. The number of aromatic carboxylic acids is 1. The van der Waals surface area contributed by atoms with Crippen LogP contribution < -0.4 is 4.74 Å². The largest absolute Gasteiger partial charge is 0.481 e. The van der Waals surface area contributed by atoms with Crippen LogP contribution in [0.4, 0.5) is 0 Å². The van der Waals surface area contributed by atoms with Gasteiger partial charge in [-0.05, 0) is 37.6 Å². The number of hydrogen-bond donors (Lipinski definition) is 2. The number of aromatic nitrogens is 4. The Kier molecular flexibility index (Phi) is 5.27. The maximum Gasteiger partial charge on any atom is 0.338 e. The fraction of sp³-hybridized carbons (Fsp3) is 0.143. The van der Waals surface area contributed by atoms with Crippen LogP contribution in [0.5, 0.6) is 5.88 Å². The van der Waals surface area contributed by atoms with E-state index < -0.39 is 5.97 Å². The molecule has 4 aromatic rings. The molecule has 0 fully saturated rings. The second-order valence-electron chi connectivity index (χ2n) is 6.74. The molecule has 4 heterocycles. The zero-order valence-corrected chi connectivity index (χ0v) is 18.3. The molecule has 0 spiro atoms. The molecule has 0 aliphatic carbocycles. The van der Waals surface area contributed by atoms with Gasteiger partial charge < -0.3 is 19.4 Å². The van der Waals surface area contributed by atoms with E-state index in [1.807, 2.05) is 24.5 Å². The monoisotopic (exact) mass is 453 g/mol. The fourth-order valence-electron chi connectivity index (χ4n) is 3.36. The molecule has 0 aliphatic heterocycles. The van der Waals surface area contributed by atoms with Gasteiger partial charge in [0.15, 0.2) is 0 Å². The second kappa shape index (κ2) is 7.91. The highest BCUT2D eigenvalue weighted by atomic mass is 35.5. The molecule has 0 radical (unpaired) electrons. The predicted molar refractivity (Wildman–Crippen MR) is 119 cm³/mol. The number of carboxylic acid groups (broad SMARTS) is 1. The zero-order chi connectivity index (χ0) is 22.3. The van der Waals surface area contributed by atoms with Gasteiger partial charge in [0.25, 0.3) is 0 Å². The van der Waals surface area contributed by atoms with Crippen molar-refractivity contribution in [2.24, 2.45) is 0 Å². The fourth-order valence-corrected chi connectivity index (χ4v) is 4.68. The summed E-state index contributed by atoms with van der Waals surface area (Å²) in [7, 11) is 1.52. The van der Waals surface area contributed by atoms with E-state index in [1.54, 1.807) is 18.3 Å². The molecule has 0 amide bonds. The molecule has 0 saturated heterocycles. The number of allylic oxidation sites excluding steroid dienone is 1. The molecular weight excluding hydrogens is 438 g/mol. The number of imidazole rings is 1. The Bertz CT molecular complexity index is 1410. The molecule has 2 N–H and O–H groups in total. The second-order valence-corrected chi connectivity index (χ2v) is 8.40. The van der Waals surface area contributed by atoms with Gasteiger partial charge in [-0.25, -0.2) is 14.8 Å². The van der Waals surface area contributed by atoms with Gasteiger partial charge >= 0.3 is 5.97 Å². The zero-order valence-electron chi connectivity index (χ0n) is 16.7. The van der Waals surface area contributed by atoms with Crippen molar-refractivity contribution < 1.29 is 14.6 Å². The summed E-state index contributed by atoms with van der Waals surface area (Å²) in [6.07, 6.45) is 3.32. The average molecular weight is 454 g/mol. The van der Waals surface area contributed by atoms with Gasteiger partial charge in [0.2, 0.25) is 5.88 Å². The summed E-state index contributed by atoms with van der Waals surface area (Å²) in [5.74, 6) is -0.213. The molecule has 0 atom stereocenters. The smallest absolute Gasteiger partial charge is 0.338 e. The number of hydrogen-bond acceptors (Lipinski definition) is 6. The number of nitrogens with one attached hydrogen (secondary N) is 1. The summed E-state index contributed by atoms with van der Waals surface area (Å²) in [6.45, 7) is 3.73. The van der Waals surface area contributed by atoms with Crippen LogP contribution in [0.1, 0.15) is 33.1 Å². The van der Waals surface area contributed by atoms with E-state index in [4.69, 9.17) is 16.3 Å². The number of thiophene rings is 1. The molecule has 0 aromatic carbocycles. The standard InChI is InChI=1S/C21H16ClN5O3S/c1-10-4-12(11(2)27(10)20-14(21(28)29)6-17(22)31-20)5-13(8-23)19-25-15-7-18(30-3)24-9-16(15)26-19/h4-7,9H,1-3H3,(H,25,26)(H,28,29)/b13-5+. The number of ether oxygens (including phenoxy) is 1. The summed E-state index contributed by atoms with van der Waals surface area (Å²) < 4.78 is 7.34. The van der Waals surface area contributed by atoms with E-state index >= 15 is 0 Å². The van der Waals surface area contributed by atoms with Crippen LogP contribution in [0.2, 0.25) is 4.34 Å². The SMILES string of the molecule is COc1cc2nc(/C(C#N)=C/c3cc(C)n(-c4sc(Cl)cc4C(=O)O)c3C)[nH]c2cn1. The van der Waals surface area contributed by atoms with Crippen molar-refractivity contribution in [2.75, 3.05) is 7.11 Å². The van der Waals surface area contributed by atoms with Gasteiger partial charge in [-0.1, -0.05) is 11.6 Å². The summed E-state index contributed by atoms with van der Waals surface area (Å²) in [4.78, 5) is 23.3. The number of aromatic amines is 1. The normalized spacial score (nSPS) is 11.6. The first-order chi connectivity index (χ1) is 14.8. The van der Waals surface area contributed by atoms with Crippen LogP contribution >= 0.6 is 22.9 Å². The first kappa shape index (κ1) is 20.7. The van der Waals surface area contributed by atoms with Crippen LogP contribution in [0.15, 0.2) is 24.4 Å². The van der Waals surface area contributed by atoms with E-state index in [9.17, 15) is 15.2 Å².